The summed E-state index contributed by atoms with van der Waals surface area (Å²) in [5.74, 6) is 1.51. The van der Waals surface area contributed by atoms with Crippen molar-refractivity contribution >= 4 is 6.09 Å². The van der Waals surface area contributed by atoms with Gasteiger partial charge < -0.3 is 19.1 Å². The Morgan fingerprint density at radius 3 is 2.75 bits per heavy atom. The number of benzene rings is 1. The Balaban J connectivity index is 1.56. The first-order valence-corrected chi connectivity index (χ1v) is 12.1. The summed E-state index contributed by atoms with van der Waals surface area (Å²) in [6.07, 6.45) is 6.08. The van der Waals surface area contributed by atoms with E-state index in [1.54, 1.807) is 0 Å². The molecule has 176 valence electrons. The average molecular weight is 442 g/mol. The molecule has 0 aromatic heterocycles. The summed E-state index contributed by atoms with van der Waals surface area (Å²) in [5, 5.41) is 0. The Hall–Kier alpha value is -2.01. The zero-order valence-electron chi connectivity index (χ0n) is 20.5. The molecular formula is C27H39NO4. The van der Waals surface area contributed by atoms with E-state index in [0.717, 1.165) is 31.4 Å². The Morgan fingerprint density at radius 2 is 2.03 bits per heavy atom. The van der Waals surface area contributed by atoms with Crippen LogP contribution in [0.3, 0.4) is 0 Å². The summed E-state index contributed by atoms with van der Waals surface area (Å²) in [7, 11) is 0. The van der Waals surface area contributed by atoms with Gasteiger partial charge in [0.05, 0.1) is 12.2 Å². The Morgan fingerprint density at radius 1 is 1.28 bits per heavy atom. The molecule has 1 aromatic rings. The Bertz CT molecular complexity index is 869. The highest BCUT2D eigenvalue weighted by atomic mass is 16.6. The van der Waals surface area contributed by atoms with Crippen molar-refractivity contribution < 1.29 is 19.0 Å². The smallest absolute Gasteiger partial charge is 0.410 e. The van der Waals surface area contributed by atoms with E-state index in [9.17, 15) is 4.79 Å². The van der Waals surface area contributed by atoms with Crippen molar-refractivity contribution in [2.24, 2.45) is 11.8 Å². The quantitative estimate of drug-likeness (QED) is 0.517. The molecule has 1 aromatic carbocycles. The monoisotopic (exact) mass is 441 g/mol. The number of fused-ring (bicyclic) bond motifs is 4. The first-order valence-electron chi connectivity index (χ1n) is 12.1. The third-order valence-corrected chi connectivity index (χ3v) is 7.11. The summed E-state index contributed by atoms with van der Waals surface area (Å²) in [4.78, 5) is 14.6. The number of piperidine rings is 1. The molecule has 3 aliphatic heterocycles. The standard InChI is InChI=1S/C27H39NO4/c1-18(2)10-9-14-27(6)21-16-19-17-28(25(29)32-26(3,4)5)15-13-22(19)30-24(21)20-11-7-8-12-23(20)31-27/h7-8,10-12,19,21-22,24H,9,13-17H2,1-6H3/t19-,21-,22-,24+,27-/m0/s1. The van der Waals surface area contributed by atoms with Crippen LogP contribution in [0.1, 0.15) is 78.9 Å². The highest BCUT2D eigenvalue weighted by Crippen LogP contribution is 2.54. The van der Waals surface area contributed by atoms with Gasteiger partial charge in [-0.3, -0.25) is 0 Å². The van der Waals surface area contributed by atoms with Crippen LogP contribution in [0.2, 0.25) is 0 Å². The average Bonchev–Trinajstić information content (AvgIpc) is 2.71. The van der Waals surface area contributed by atoms with E-state index >= 15 is 0 Å². The van der Waals surface area contributed by atoms with Crippen LogP contribution >= 0.6 is 0 Å². The van der Waals surface area contributed by atoms with Gasteiger partial charge in [-0.15, -0.1) is 0 Å². The van der Waals surface area contributed by atoms with Crippen molar-refractivity contribution in [1.82, 2.24) is 4.90 Å². The maximum absolute atomic E-state index is 12.7. The molecule has 0 unspecified atom stereocenters. The minimum absolute atomic E-state index is 0.0472. The van der Waals surface area contributed by atoms with Crippen molar-refractivity contribution in [2.45, 2.75) is 90.6 Å². The van der Waals surface area contributed by atoms with Crippen molar-refractivity contribution in [3.8, 4) is 5.75 Å². The summed E-state index contributed by atoms with van der Waals surface area (Å²) in [6.45, 7) is 13.7. The van der Waals surface area contributed by atoms with Crippen LogP contribution in [-0.4, -0.2) is 41.4 Å². The van der Waals surface area contributed by atoms with Gasteiger partial charge in [0, 0.05) is 30.5 Å². The molecule has 1 amide bonds. The SMILES string of the molecule is CC(C)=CCC[C@]1(C)Oc2ccccc2[C@H]2O[C@H]3CCN(C(=O)OC(C)(C)C)C[C@@H]3C[C@@H]21. The molecule has 2 saturated heterocycles. The van der Waals surface area contributed by atoms with E-state index in [1.165, 1.54) is 11.1 Å². The van der Waals surface area contributed by atoms with Crippen LogP contribution < -0.4 is 4.74 Å². The lowest BCUT2D eigenvalue weighted by Crippen LogP contribution is -2.57. The highest BCUT2D eigenvalue weighted by molar-refractivity contribution is 5.68. The molecule has 0 aliphatic carbocycles. The number of hydrogen-bond acceptors (Lipinski definition) is 4. The minimum atomic E-state index is -0.480. The topological polar surface area (TPSA) is 48.0 Å². The number of amides is 1. The number of ether oxygens (including phenoxy) is 3. The molecule has 0 bridgehead atoms. The number of para-hydroxylation sites is 1. The van der Waals surface area contributed by atoms with Gasteiger partial charge in [-0.1, -0.05) is 29.8 Å². The van der Waals surface area contributed by atoms with E-state index < -0.39 is 5.60 Å². The number of carbonyl (C=O) groups excluding carboxylic acids is 1. The molecule has 4 rings (SSSR count). The molecule has 3 aliphatic rings. The highest BCUT2D eigenvalue weighted by Gasteiger charge is 2.53. The molecule has 0 spiro atoms. The van der Waals surface area contributed by atoms with Crippen molar-refractivity contribution in [3.63, 3.8) is 0 Å². The van der Waals surface area contributed by atoms with Gasteiger partial charge in [0.15, 0.2) is 0 Å². The fraction of sp³-hybridized carbons (Fsp3) is 0.667. The minimum Gasteiger partial charge on any atom is -0.487 e. The second kappa shape index (κ2) is 8.74. The third kappa shape index (κ3) is 4.83. The van der Waals surface area contributed by atoms with Gasteiger partial charge in [0.1, 0.15) is 17.0 Å². The summed E-state index contributed by atoms with van der Waals surface area (Å²) < 4.78 is 19.1. The number of rotatable bonds is 3. The first kappa shape index (κ1) is 23.2. The van der Waals surface area contributed by atoms with Crippen LogP contribution in [0.5, 0.6) is 5.75 Å². The fourth-order valence-corrected chi connectivity index (χ4v) is 5.52. The number of carbonyl (C=O) groups is 1. The summed E-state index contributed by atoms with van der Waals surface area (Å²) >= 11 is 0. The molecule has 0 saturated carbocycles. The van der Waals surface area contributed by atoms with Crippen LogP contribution in [0.15, 0.2) is 35.9 Å². The molecular weight excluding hydrogens is 402 g/mol. The predicted molar refractivity (Wildman–Crippen MR) is 126 cm³/mol. The van der Waals surface area contributed by atoms with E-state index in [2.05, 4.69) is 45.0 Å². The van der Waals surface area contributed by atoms with Gasteiger partial charge in [-0.25, -0.2) is 4.79 Å². The van der Waals surface area contributed by atoms with Gasteiger partial charge in [0.2, 0.25) is 0 Å². The zero-order chi connectivity index (χ0) is 23.1. The lowest BCUT2D eigenvalue weighted by Gasteiger charge is -2.54. The maximum atomic E-state index is 12.7. The number of allylic oxidation sites excluding steroid dienone is 2. The van der Waals surface area contributed by atoms with Crippen LogP contribution in [0, 0.1) is 11.8 Å². The van der Waals surface area contributed by atoms with E-state index in [-0.39, 0.29) is 29.8 Å². The van der Waals surface area contributed by atoms with Crippen molar-refractivity contribution in [3.05, 3.63) is 41.5 Å². The van der Waals surface area contributed by atoms with Crippen molar-refractivity contribution in [2.75, 3.05) is 13.1 Å². The molecule has 5 nitrogen and oxygen atoms in total. The lowest BCUT2D eigenvalue weighted by atomic mass is 9.68. The summed E-state index contributed by atoms with van der Waals surface area (Å²) in [5.41, 5.74) is 1.73. The molecule has 32 heavy (non-hydrogen) atoms. The van der Waals surface area contributed by atoms with E-state index in [0.29, 0.717) is 19.0 Å². The second-order valence-corrected chi connectivity index (χ2v) is 11.2. The number of nitrogens with zero attached hydrogens (tertiary/aromatic N) is 1. The van der Waals surface area contributed by atoms with Gasteiger partial charge in [0.25, 0.3) is 0 Å². The Labute approximate surface area is 193 Å². The fourth-order valence-electron chi connectivity index (χ4n) is 5.52. The Kier molecular flexibility index (Phi) is 6.32. The molecule has 0 N–H and O–H groups in total. The second-order valence-electron chi connectivity index (χ2n) is 11.2. The number of likely N-dealkylation sites (tertiary alicyclic amines) is 1. The lowest BCUT2D eigenvalue weighted by molar-refractivity contribution is -0.190. The van der Waals surface area contributed by atoms with E-state index in [1.807, 2.05) is 31.7 Å². The van der Waals surface area contributed by atoms with Crippen molar-refractivity contribution in [1.29, 1.82) is 0 Å². The predicted octanol–water partition coefficient (Wildman–Crippen LogP) is 6.29. The van der Waals surface area contributed by atoms with Crippen LogP contribution in [0.25, 0.3) is 0 Å². The zero-order valence-corrected chi connectivity index (χ0v) is 20.5. The molecule has 5 heteroatoms. The van der Waals surface area contributed by atoms with Gasteiger partial charge in [-0.05, 0) is 73.3 Å². The molecule has 5 atom stereocenters. The molecule has 2 fully saturated rings. The van der Waals surface area contributed by atoms with Crippen LogP contribution in [0.4, 0.5) is 4.79 Å². The third-order valence-electron chi connectivity index (χ3n) is 7.11. The molecule has 0 radical (unpaired) electrons. The van der Waals surface area contributed by atoms with Crippen LogP contribution in [-0.2, 0) is 9.47 Å². The normalized spacial score (nSPS) is 31.5. The maximum Gasteiger partial charge on any atom is 0.410 e. The van der Waals surface area contributed by atoms with E-state index in [4.69, 9.17) is 14.2 Å². The summed E-state index contributed by atoms with van der Waals surface area (Å²) in [6, 6.07) is 8.34. The van der Waals surface area contributed by atoms with Gasteiger partial charge in [-0.2, -0.15) is 0 Å². The number of hydrogen-bond donors (Lipinski definition) is 0. The molecule has 3 heterocycles. The first-order chi connectivity index (χ1) is 15.1. The van der Waals surface area contributed by atoms with Gasteiger partial charge >= 0.3 is 6.09 Å². The largest absolute Gasteiger partial charge is 0.487 e.